The Balaban J connectivity index is 1.35. The minimum absolute atomic E-state index is 0.0788. The first kappa shape index (κ1) is 37.1. The molecule has 1 amide bonds. The number of allylic oxidation sites excluding steroid dienone is 1. The van der Waals surface area contributed by atoms with Gasteiger partial charge in [-0.05, 0) is 120 Å². The molecule has 1 aliphatic heterocycles. The second kappa shape index (κ2) is 15.3. The first-order chi connectivity index (χ1) is 26.0. The van der Waals surface area contributed by atoms with Crippen LogP contribution in [0.3, 0.4) is 0 Å². The molecule has 1 N–H and O–H groups in total. The highest BCUT2D eigenvalue weighted by Gasteiger charge is 2.34. The molecule has 0 spiro atoms. The summed E-state index contributed by atoms with van der Waals surface area (Å²) >= 11 is 2.95. The van der Waals surface area contributed by atoms with Gasteiger partial charge in [-0.1, -0.05) is 35.6 Å². The molecule has 2 aromatic carbocycles. The smallest absolute Gasteiger partial charge is 0.338 e. The van der Waals surface area contributed by atoms with E-state index in [1.807, 2.05) is 70.2 Å². The Bertz CT molecular complexity index is 2480. The summed E-state index contributed by atoms with van der Waals surface area (Å²) in [4.78, 5) is 48.5. The number of hydrogen-bond acceptors (Lipinski definition) is 9. The number of anilines is 1. The number of methoxy groups -OCH3 is 1. The number of hydrogen-bond donors (Lipinski definition) is 1. The number of rotatable bonds is 10. The molecule has 12 heteroatoms. The Morgan fingerprint density at radius 3 is 2.50 bits per heavy atom. The molecule has 54 heavy (non-hydrogen) atoms. The number of carbonyl (C=O) groups is 2. The minimum Gasteiger partial charge on any atom is -0.493 e. The fraction of sp³-hybridized carbons (Fsp3) is 0.333. The summed E-state index contributed by atoms with van der Waals surface area (Å²) < 4.78 is 21.3. The zero-order chi connectivity index (χ0) is 38.3. The van der Waals surface area contributed by atoms with Gasteiger partial charge in [0.15, 0.2) is 16.3 Å². The number of nitrogens with one attached hydrogen (secondary N) is 1. The van der Waals surface area contributed by atoms with E-state index in [1.54, 1.807) is 49.0 Å². The first-order valence-corrected chi connectivity index (χ1v) is 19.9. The Labute approximate surface area is 322 Å². The normalized spacial score (nSPS) is 15.5. The second-order valence-corrected chi connectivity index (χ2v) is 15.8. The molecule has 4 heterocycles. The number of esters is 1. The second-order valence-electron chi connectivity index (χ2n) is 13.8. The van der Waals surface area contributed by atoms with Gasteiger partial charge >= 0.3 is 5.97 Å². The number of carbonyl (C=O) groups excluding carboxylic acids is 2. The van der Waals surface area contributed by atoms with Crippen LogP contribution in [0.2, 0.25) is 0 Å². The van der Waals surface area contributed by atoms with Gasteiger partial charge in [0.2, 0.25) is 0 Å². The number of fused-ring (bicyclic) bond motifs is 2. The van der Waals surface area contributed by atoms with E-state index in [4.69, 9.17) is 19.2 Å². The SMILES string of the molecule is CCOC(=O)C1=C(C)N=c2s/c(=C\c3cc(C)n(-c4sc5c(c4C(=O)Nc4ccccc4)CCCC5)c3C)c(=O)n2[C@H]1c1ccc(OC(C)C)c(OC)c1. The molecule has 280 valence electrons. The molecule has 0 saturated carbocycles. The number of amides is 1. The summed E-state index contributed by atoms with van der Waals surface area (Å²) in [5, 5.41) is 4.02. The van der Waals surface area contributed by atoms with E-state index in [0.29, 0.717) is 37.7 Å². The Kier molecular flexibility index (Phi) is 10.5. The first-order valence-electron chi connectivity index (χ1n) is 18.2. The van der Waals surface area contributed by atoms with Crippen LogP contribution in [0.5, 0.6) is 11.5 Å². The summed E-state index contributed by atoms with van der Waals surface area (Å²) in [5.41, 5.74) is 6.47. The van der Waals surface area contributed by atoms with E-state index in [9.17, 15) is 14.4 Å². The molecule has 10 nitrogen and oxygen atoms in total. The van der Waals surface area contributed by atoms with Crippen molar-refractivity contribution in [3.8, 4) is 16.5 Å². The maximum atomic E-state index is 14.5. The summed E-state index contributed by atoms with van der Waals surface area (Å²) in [6.07, 6.45) is 5.77. The van der Waals surface area contributed by atoms with Crippen LogP contribution in [0.4, 0.5) is 5.69 Å². The van der Waals surface area contributed by atoms with Gasteiger partial charge < -0.3 is 24.1 Å². The van der Waals surface area contributed by atoms with Gasteiger partial charge in [-0.3, -0.25) is 14.2 Å². The monoisotopic (exact) mass is 764 g/mol. The van der Waals surface area contributed by atoms with Crippen molar-refractivity contribution in [3.63, 3.8) is 0 Å². The van der Waals surface area contributed by atoms with Gasteiger partial charge in [-0.2, -0.15) is 0 Å². The molecule has 0 fully saturated rings. The average molecular weight is 765 g/mol. The van der Waals surface area contributed by atoms with E-state index in [-0.39, 0.29) is 29.8 Å². The molecule has 3 aromatic heterocycles. The van der Waals surface area contributed by atoms with Crippen LogP contribution in [0.25, 0.3) is 11.1 Å². The summed E-state index contributed by atoms with van der Waals surface area (Å²) in [7, 11) is 1.56. The van der Waals surface area contributed by atoms with Gasteiger partial charge in [-0.15, -0.1) is 11.3 Å². The number of thiophene rings is 1. The van der Waals surface area contributed by atoms with Crippen molar-refractivity contribution >= 4 is 46.3 Å². The van der Waals surface area contributed by atoms with E-state index in [1.165, 1.54) is 16.2 Å². The third-order valence-corrected chi connectivity index (χ3v) is 12.0. The summed E-state index contributed by atoms with van der Waals surface area (Å²) in [6, 6.07) is 16.2. The van der Waals surface area contributed by atoms with Gasteiger partial charge in [-0.25, -0.2) is 9.79 Å². The molecule has 0 unspecified atom stereocenters. The van der Waals surface area contributed by atoms with Gasteiger partial charge in [0, 0.05) is 22.0 Å². The number of nitrogens with zero attached hydrogens (tertiary/aromatic N) is 3. The topological polar surface area (TPSA) is 113 Å². The van der Waals surface area contributed by atoms with Crippen LogP contribution in [-0.2, 0) is 22.4 Å². The maximum Gasteiger partial charge on any atom is 0.338 e. The zero-order valence-electron chi connectivity index (χ0n) is 31.6. The van der Waals surface area contributed by atoms with Gasteiger partial charge in [0.1, 0.15) is 5.00 Å². The molecule has 1 aliphatic carbocycles. The van der Waals surface area contributed by atoms with Crippen molar-refractivity contribution in [2.45, 2.75) is 79.4 Å². The molecule has 7 rings (SSSR count). The van der Waals surface area contributed by atoms with Crippen molar-refractivity contribution in [2.75, 3.05) is 19.0 Å². The summed E-state index contributed by atoms with van der Waals surface area (Å²) in [5.74, 6) is 0.394. The van der Waals surface area contributed by atoms with E-state index >= 15 is 0 Å². The molecule has 2 aliphatic rings. The van der Waals surface area contributed by atoms with Crippen LogP contribution in [0.15, 0.2) is 75.7 Å². The minimum atomic E-state index is -0.806. The largest absolute Gasteiger partial charge is 0.493 e. The average Bonchev–Trinajstić information content (AvgIpc) is 3.77. The predicted octanol–water partition coefficient (Wildman–Crippen LogP) is 7.19. The number of thiazole rings is 1. The Hall–Kier alpha value is -5.20. The number of aryl methyl sites for hydroxylation is 2. The molecular weight excluding hydrogens is 721 g/mol. The molecule has 0 bridgehead atoms. The lowest BCUT2D eigenvalue weighted by molar-refractivity contribution is -0.139. The van der Waals surface area contributed by atoms with Crippen molar-refractivity contribution in [1.82, 2.24) is 9.13 Å². The van der Waals surface area contributed by atoms with Crippen LogP contribution >= 0.6 is 22.7 Å². The van der Waals surface area contributed by atoms with Crippen molar-refractivity contribution in [3.05, 3.63) is 124 Å². The lowest BCUT2D eigenvalue weighted by atomic mass is 9.95. The molecular formula is C42H44N4O6S2. The van der Waals surface area contributed by atoms with Gasteiger partial charge in [0.25, 0.3) is 11.5 Å². The molecule has 0 radical (unpaired) electrons. The number of aromatic nitrogens is 2. The fourth-order valence-corrected chi connectivity index (χ4v) is 9.89. The number of ether oxygens (including phenoxy) is 3. The third-order valence-electron chi connectivity index (χ3n) is 9.75. The van der Waals surface area contributed by atoms with Gasteiger partial charge in [0.05, 0.1) is 47.2 Å². The third kappa shape index (κ3) is 6.84. The molecule has 0 saturated heterocycles. The van der Waals surface area contributed by atoms with E-state index in [2.05, 4.69) is 16.0 Å². The fourth-order valence-electron chi connectivity index (χ4n) is 7.36. The standard InChI is InChI=1S/C42H44N4O6S2/c1-8-51-41(49)35-25(5)43-42-46(37(35)27-18-19-31(52-23(2)3)32(21-27)50-7)39(48)34(54-42)22-28-20-24(4)45(26(28)6)40-36(30-16-12-13-17-33(30)53-40)38(47)44-29-14-10-9-11-15-29/h9-11,14-15,18-23,37H,8,12-13,16-17H2,1-7H3,(H,44,47)/b34-22-/t37-/m0/s1. The summed E-state index contributed by atoms with van der Waals surface area (Å²) in [6.45, 7) is 11.6. The highest BCUT2D eigenvalue weighted by atomic mass is 32.1. The zero-order valence-corrected chi connectivity index (χ0v) is 33.2. The van der Waals surface area contributed by atoms with Crippen LogP contribution < -0.4 is 29.7 Å². The van der Waals surface area contributed by atoms with Crippen molar-refractivity contribution < 1.29 is 23.8 Å². The predicted molar refractivity (Wildman–Crippen MR) is 213 cm³/mol. The Morgan fingerprint density at radius 1 is 1.02 bits per heavy atom. The van der Waals surface area contributed by atoms with Crippen LogP contribution in [-0.4, -0.2) is 40.8 Å². The molecule has 1 atom stereocenters. The van der Waals surface area contributed by atoms with E-state index in [0.717, 1.165) is 58.9 Å². The number of benzene rings is 2. The van der Waals surface area contributed by atoms with Crippen LogP contribution in [0, 0.1) is 13.8 Å². The maximum absolute atomic E-state index is 14.5. The number of para-hydroxylation sites is 1. The molecule has 5 aromatic rings. The Morgan fingerprint density at radius 2 is 1.78 bits per heavy atom. The van der Waals surface area contributed by atoms with E-state index < -0.39 is 12.0 Å². The lowest BCUT2D eigenvalue weighted by Gasteiger charge is -2.25. The van der Waals surface area contributed by atoms with Crippen LogP contribution in [0.1, 0.15) is 89.9 Å². The lowest BCUT2D eigenvalue weighted by Crippen LogP contribution is -2.40. The highest BCUT2D eigenvalue weighted by Crippen LogP contribution is 2.40. The van der Waals surface area contributed by atoms with Crippen molar-refractivity contribution in [1.29, 1.82) is 0 Å². The quantitative estimate of drug-likeness (QED) is 0.151. The highest BCUT2D eigenvalue weighted by molar-refractivity contribution is 7.15. The van der Waals surface area contributed by atoms with Crippen molar-refractivity contribution in [2.24, 2.45) is 4.99 Å².